The predicted molar refractivity (Wildman–Crippen MR) is 86.2 cm³/mol. The van der Waals surface area contributed by atoms with Crippen LogP contribution in [0.25, 0.3) is 0 Å². The minimum atomic E-state index is -0.601. The Morgan fingerprint density at radius 1 is 1.30 bits per heavy atom. The highest BCUT2D eigenvalue weighted by Gasteiger charge is 2.17. The van der Waals surface area contributed by atoms with Crippen molar-refractivity contribution in [3.05, 3.63) is 52.4 Å². The summed E-state index contributed by atoms with van der Waals surface area (Å²) < 4.78 is 15.9. The zero-order valence-corrected chi connectivity index (χ0v) is 14.3. The number of carbonyl (C=O) groups is 2. The molecule has 1 heterocycles. The van der Waals surface area contributed by atoms with E-state index >= 15 is 0 Å². The highest BCUT2D eigenvalue weighted by atomic mass is 79.9. The molecule has 0 radical (unpaired) electrons. The zero-order valence-electron chi connectivity index (χ0n) is 12.7. The van der Waals surface area contributed by atoms with Crippen molar-refractivity contribution in [2.45, 2.75) is 6.54 Å². The van der Waals surface area contributed by atoms with Gasteiger partial charge in [-0.1, -0.05) is 0 Å². The minimum absolute atomic E-state index is 0.297. The number of nitrogens with zero attached hydrogens (tertiary/aromatic N) is 1. The summed E-state index contributed by atoms with van der Waals surface area (Å²) in [6.45, 7) is -0.0358. The van der Waals surface area contributed by atoms with E-state index in [1.165, 1.54) is 18.3 Å². The van der Waals surface area contributed by atoms with Crippen LogP contribution in [0.4, 0.5) is 0 Å². The van der Waals surface area contributed by atoms with Crippen LogP contribution in [0.1, 0.15) is 16.1 Å². The van der Waals surface area contributed by atoms with Crippen LogP contribution in [-0.2, 0) is 16.1 Å². The van der Waals surface area contributed by atoms with Gasteiger partial charge in [-0.05, 0) is 46.3 Å². The SMILES string of the molecule is COc1ccc(Br)c(C(=O)OCC(=O)N(C)Cc2ccco2)c1. The summed E-state index contributed by atoms with van der Waals surface area (Å²) in [4.78, 5) is 25.5. The first-order valence-electron chi connectivity index (χ1n) is 6.78. The van der Waals surface area contributed by atoms with Crippen molar-refractivity contribution in [3.63, 3.8) is 0 Å². The van der Waals surface area contributed by atoms with E-state index in [1.807, 2.05) is 0 Å². The van der Waals surface area contributed by atoms with E-state index in [4.69, 9.17) is 13.9 Å². The smallest absolute Gasteiger partial charge is 0.339 e. The number of rotatable bonds is 6. The van der Waals surface area contributed by atoms with Gasteiger partial charge in [0.05, 0.1) is 25.5 Å². The molecule has 0 atom stereocenters. The van der Waals surface area contributed by atoms with Gasteiger partial charge in [-0.2, -0.15) is 0 Å². The number of hydrogen-bond acceptors (Lipinski definition) is 5. The summed E-state index contributed by atoms with van der Waals surface area (Å²) >= 11 is 3.27. The Morgan fingerprint density at radius 2 is 2.09 bits per heavy atom. The molecule has 1 aromatic heterocycles. The van der Waals surface area contributed by atoms with E-state index in [0.29, 0.717) is 28.1 Å². The van der Waals surface area contributed by atoms with E-state index < -0.39 is 5.97 Å². The van der Waals surface area contributed by atoms with Crippen LogP contribution in [-0.4, -0.2) is 37.5 Å². The van der Waals surface area contributed by atoms with E-state index in [2.05, 4.69) is 15.9 Å². The number of ether oxygens (including phenoxy) is 2. The number of hydrogen-bond donors (Lipinski definition) is 0. The van der Waals surface area contributed by atoms with Crippen molar-refractivity contribution in [2.75, 3.05) is 20.8 Å². The van der Waals surface area contributed by atoms with E-state index in [-0.39, 0.29) is 12.5 Å². The second-order valence-corrected chi connectivity index (χ2v) is 5.61. The monoisotopic (exact) mass is 381 g/mol. The quantitative estimate of drug-likeness (QED) is 0.719. The van der Waals surface area contributed by atoms with Gasteiger partial charge in [0.1, 0.15) is 11.5 Å². The number of halogens is 1. The number of methoxy groups -OCH3 is 1. The molecule has 0 spiro atoms. The van der Waals surface area contributed by atoms with Crippen LogP contribution in [0.15, 0.2) is 45.5 Å². The van der Waals surface area contributed by atoms with E-state index in [9.17, 15) is 9.59 Å². The fraction of sp³-hybridized carbons (Fsp3) is 0.250. The molecule has 1 aromatic carbocycles. The van der Waals surface area contributed by atoms with Crippen LogP contribution in [0.5, 0.6) is 5.75 Å². The second-order valence-electron chi connectivity index (χ2n) is 4.75. The molecule has 7 heteroatoms. The van der Waals surface area contributed by atoms with Gasteiger partial charge in [0.25, 0.3) is 5.91 Å². The maximum absolute atomic E-state index is 12.1. The number of carbonyl (C=O) groups excluding carboxylic acids is 2. The molecular formula is C16H16BrNO5. The van der Waals surface area contributed by atoms with E-state index in [1.54, 1.807) is 37.4 Å². The van der Waals surface area contributed by atoms with Crippen molar-refractivity contribution in [1.82, 2.24) is 4.90 Å². The fourth-order valence-electron chi connectivity index (χ4n) is 1.83. The van der Waals surface area contributed by atoms with Gasteiger partial charge in [0.2, 0.25) is 0 Å². The summed E-state index contributed by atoms with van der Waals surface area (Å²) in [5.74, 6) is 0.258. The van der Waals surface area contributed by atoms with Crippen molar-refractivity contribution < 1.29 is 23.5 Å². The first kappa shape index (κ1) is 17.1. The maximum Gasteiger partial charge on any atom is 0.339 e. The van der Waals surface area contributed by atoms with Gasteiger partial charge in [-0.3, -0.25) is 4.79 Å². The topological polar surface area (TPSA) is 69.0 Å². The molecule has 0 aliphatic rings. The van der Waals surface area contributed by atoms with Gasteiger partial charge in [-0.25, -0.2) is 4.79 Å². The van der Waals surface area contributed by atoms with Crippen LogP contribution in [0.2, 0.25) is 0 Å². The number of furan rings is 1. The summed E-state index contributed by atoms with van der Waals surface area (Å²) in [6, 6.07) is 8.45. The van der Waals surface area contributed by atoms with Gasteiger partial charge in [0.15, 0.2) is 6.61 Å². The summed E-state index contributed by atoms with van der Waals surface area (Å²) in [5.41, 5.74) is 0.297. The van der Waals surface area contributed by atoms with Crippen LogP contribution >= 0.6 is 15.9 Å². The first-order chi connectivity index (χ1) is 11.0. The van der Waals surface area contributed by atoms with Gasteiger partial charge in [-0.15, -0.1) is 0 Å². The summed E-state index contributed by atoms with van der Waals surface area (Å²) in [5, 5.41) is 0. The lowest BCUT2D eigenvalue weighted by Crippen LogP contribution is -2.30. The van der Waals surface area contributed by atoms with Gasteiger partial charge >= 0.3 is 5.97 Å². The lowest BCUT2D eigenvalue weighted by Gasteiger charge is -2.15. The van der Waals surface area contributed by atoms with Crippen LogP contribution in [0.3, 0.4) is 0 Å². The van der Waals surface area contributed by atoms with Crippen molar-refractivity contribution >= 4 is 27.8 Å². The molecule has 0 fully saturated rings. The molecule has 0 N–H and O–H groups in total. The molecule has 2 rings (SSSR count). The average molecular weight is 382 g/mol. The van der Waals surface area contributed by atoms with Crippen molar-refractivity contribution in [2.24, 2.45) is 0 Å². The molecule has 0 saturated heterocycles. The standard InChI is InChI=1S/C16H16BrNO5/c1-18(9-12-4-3-7-22-12)15(19)10-23-16(20)13-8-11(21-2)5-6-14(13)17/h3-8H,9-10H2,1-2H3. The highest BCUT2D eigenvalue weighted by molar-refractivity contribution is 9.10. The minimum Gasteiger partial charge on any atom is -0.497 e. The molecule has 0 saturated carbocycles. The third-order valence-corrected chi connectivity index (χ3v) is 3.81. The Bertz CT molecular complexity index is 684. The lowest BCUT2D eigenvalue weighted by molar-refractivity contribution is -0.133. The van der Waals surface area contributed by atoms with Gasteiger partial charge in [0, 0.05) is 11.5 Å². The molecule has 122 valence electrons. The Hall–Kier alpha value is -2.28. The summed E-state index contributed by atoms with van der Waals surface area (Å²) in [7, 11) is 3.12. The Morgan fingerprint density at radius 3 is 2.74 bits per heavy atom. The third kappa shape index (κ3) is 4.59. The van der Waals surface area contributed by atoms with Crippen molar-refractivity contribution in [1.29, 1.82) is 0 Å². The fourth-order valence-corrected chi connectivity index (χ4v) is 2.24. The Kier molecular flexibility index (Phi) is 5.81. The lowest BCUT2D eigenvalue weighted by atomic mass is 10.2. The van der Waals surface area contributed by atoms with Crippen LogP contribution < -0.4 is 4.74 Å². The average Bonchev–Trinajstić information content (AvgIpc) is 3.05. The largest absolute Gasteiger partial charge is 0.497 e. The molecule has 2 aromatic rings. The second kappa shape index (κ2) is 7.82. The van der Waals surface area contributed by atoms with Crippen LogP contribution in [0, 0.1) is 0 Å². The molecule has 0 unspecified atom stereocenters. The maximum atomic E-state index is 12.1. The number of benzene rings is 1. The molecule has 0 aliphatic heterocycles. The molecule has 0 bridgehead atoms. The molecule has 6 nitrogen and oxygen atoms in total. The van der Waals surface area contributed by atoms with Crippen molar-refractivity contribution in [3.8, 4) is 5.75 Å². The third-order valence-electron chi connectivity index (χ3n) is 3.12. The zero-order chi connectivity index (χ0) is 16.8. The molecule has 1 amide bonds. The van der Waals surface area contributed by atoms with Gasteiger partial charge < -0.3 is 18.8 Å². The number of amides is 1. The Balaban J connectivity index is 1.92. The number of likely N-dealkylation sites (N-methyl/N-ethyl adjacent to an activating group) is 1. The van der Waals surface area contributed by atoms with E-state index in [0.717, 1.165) is 0 Å². The number of esters is 1. The predicted octanol–water partition coefficient (Wildman–Crippen LogP) is 2.87. The first-order valence-corrected chi connectivity index (χ1v) is 7.57. The normalized spacial score (nSPS) is 10.2. The highest BCUT2D eigenvalue weighted by Crippen LogP contribution is 2.23. The molecular weight excluding hydrogens is 366 g/mol. The summed E-state index contributed by atoms with van der Waals surface area (Å²) in [6.07, 6.45) is 1.54. The molecule has 0 aliphatic carbocycles. The molecule has 23 heavy (non-hydrogen) atoms. The Labute approximate surface area is 142 Å².